The summed E-state index contributed by atoms with van der Waals surface area (Å²) in [5, 5.41) is -0.116. The highest BCUT2D eigenvalue weighted by molar-refractivity contribution is 7.89. The maximum atomic E-state index is 12.0. The maximum absolute atomic E-state index is 12.0. The second-order valence-corrected chi connectivity index (χ2v) is 5.99. The summed E-state index contributed by atoms with van der Waals surface area (Å²) >= 11 is 0. The number of hydrogen-bond donors (Lipinski definition) is 2. The van der Waals surface area contributed by atoms with Crippen molar-refractivity contribution >= 4 is 15.7 Å². The molecule has 0 bridgehead atoms. The average Bonchev–Trinajstić information content (AvgIpc) is 2.91. The van der Waals surface area contributed by atoms with Gasteiger partial charge in [-0.25, -0.2) is 23.1 Å². The fourth-order valence-electron chi connectivity index (χ4n) is 1.74. The molecule has 0 spiro atoms. The smallest absolute Gasteiger partial charge is 0.260 e. The number of anilines is 1. The lowest BCUT2D eigenvalue weighted by atomic mass is 10.3. The van der Waals surface area contributed by atoms with Crippen molar-refractivity contribution in [3.05, 3.63) is 37.1 Å². The van der Waals surface area contributed by atoms with Crippen molar-refractivity contribution in [2.45, 2.75) is 24.4 Å². The highest BCUT2D eigenvalue weighted by atomic mass is 32.2. The Morgan fingerprint density at radius 2 is 2.15 bits per heavy atom. The molecule has 0 unspecified atom stereocenters. The predicted molar refractivity (Wildman–Crippen MR) is 75.3 cm³/mol. The van der Waals surface area contributed by atoms with Gasteiger partial charge in [0, 0.05) is 31.7 Å². The lowest BCUT2D eigenvalue weighted by Crippen LogP contribution is -2.26. The van der Waals surface area contributed by atoms with Gasteiger partial charge in [0.15, 0.2) is 5.03 Å². The molecule has 7 nitrogen and oxygen atoms in total. The Kier molecular flexibility index (Phi) is 4.70. The van der Waals surface area contributed by atoms with Gasteiger partial charge in [-0.3, -0.25) is 0 Å². The van der Waals surface area contributed by atoms with Crippen LogP contribution in [0.4, 0.5) is 5.69 Å². The number of nitrogen functional groups attached to an aromatic ring is 1. The number of aryl methyl sites for hydroxylation is 1. The van der Waals surface area contributed by atoms with Gasteiger partial charge in [-0.1, -0.05) is 0 Å². The fourth-order valence-corrected chi connectivity index (χ4v) is 2.87. The molecule has 0 saturated heterocycles. The van der Waals surface area contributed by atoms with Crippen molar-refractivity contribution in [2.24, 2.45) is 0 Å². The van der Waals surface area contributed by atoms with E-state index in [4.69, 9.17) is 5.73 Å². The van der Waals surface area contributed by atoms with Crippen LogP contribution in [0.3, 0.4) is 0 Å². The zero-order chi connectivity index (χ0) is 14.4. The minimum atomic E-state index is -3.63. The third-order valence-corrected chi connectivity index (χ3v) is 4.18. The normalized spacial score (nSPS) is 11.6. The molecule has 0 fully saturated rings. The van der Waals surface area contributed by atoms with Crippen molar-refractivity contribution in [1.29, 1.82) is 0 Å². The lowest BCUT2D eigenvalue weighted by molar-refractivity contribution is 0.563. The summed E-state index contributed by atoms with van der Waals surface area (Å²) in [5.74, 6) is 0. The van der Waals surface area contributed by atoms with Crippen LogP contribution < -0.4 is 10.5 Å². The van der Waals surface area contributed by atoms with E-state index in [-0.39, 0.29) is 10.7 Å². The Labute approximate surface area is 117 Å². The lowest BCUT2D eigenvalue weighted by Gasteiger charge is -2.08. The van der Waals surface area contributed by atoms with E-state index in [2.05, 4.69) is 14.7 Å². The minimum absolute atomic E-state index is 0.116. The molecule has 0 aliphatic carbocycles. The number of imidazole rings is 1. The van der Waals surface area contributed by atoms with Crippen LogP contribution in [0.5, 0.6) is 0 Å². The van der Waals surface area contributed by atoms with E-state index in [1.165, 1.54) is 12.3 Å². The molecule has 0 atom stereocenters. The van der Waals surface area contributed by atoms with Gasteiger partial charge in [-0.05, 0) is 25.0 Å². The number of aromatic nitrogens is 3. The summed E-state index contributed by atoms with van der Waals surface area (Å²) < 4.78 is 28.4. The summed E-state index contributed by atoms with van der Waals surface area (Å²) in [6.07, 6.45) is 8.31. The van der Waals surface area contributed by atoms with Crippen LogP contribution in [0.25, 0.3) is 0 Å². The number of pyridine rings is 1. The highest BCUT2D eigenvalue weighted by Crippen LogP contribution is 2.13. The molecule has 0 aliphatic heterocycles. The topological polar surface area (TPSA) is 103 Å². The zero-order valence-electron chi connectivity index (χ0n) is 10.9. The van der Waals surface area contributed by atoms with Gasteiger partial charge in [0.05, 0.1) is 12.0 Å². The molecule has 2 aromatic heterocycles. The molecule has 0 aliphatic rings. The third kappa shape index (κ3) is 3.78. The number of nitrogens with one attached hydrogen (secondary N) is 1. The largest absolute Gasteiger partial charge is 0.396 e. The molecule has 0 radical (unpaired) electrons. The van der Waals surface area contributed by atoms with Crippen LogP contribution in [0.1, 0.15) is 12.8 Å². The van der Waals surface area contributed by atoms with E-state index in [0.717, 1.165) is 19.4 Å². The summed E-state index contributed by atoms with van der Waals surface area (Å²) in [6.45, 7) is 1.17. The maximum Gasteiger partial charge on any atom is 0.260 e. The van der Waals surface area contributed by atoms with Gasteiger partial charge < -0.3 is 10.3 Å². The molecule has 0 aromatic carbocycles. The molecule has 20 heavy (non-hydrogen) atoms. The second-order valence-electron chi connectivity index (χ2n) is 4.30. The van der Waals surface area contributed by atoms with E-state index in [1.54, 1.807) is 18.6 Å². The number of nitrogens with two attached hydrogens (primary N) is 1. The third-order valence-electron chi connectivity index (χ3n) is 2.75. The Balaban J connectivity index is 1.80. The van der Waals surface area contributed by atoms with Crippen molar-refractivity contribution < 1.29 is 8.42 Å². The van der Waals surface area contributed by atoms with Crippen LogP contribution in [-0.4, -0.2) is 29.5 Å². The van der Waals surface area contributed by atoms with E-state index in [1.807, 2.05) is 10.8 Å². The Bertz CT molecular complexity index is 640. The molecular weight excluding hydrogens is 278 g/mol. The molecule has 2 aromatic rings. The van der Waals surface area contributed by atoms with E-state index >= 15 is 0 Å². The van der Waals surface area contributed by atoms with Gasteiger partial charge >= 0.3 is 0 Å². The predicted octanol–water partition coefficient (Wildman–Crippen LogP) is 0.619. The van der Waals surface area contributed by atoms with Crippen molar-refractivity contribution in [2.75, 3.05) is 12.3 Å². The number of rotatable bonds is 7. The number of unbranched alkanes of at least 4 members (excludes halogenated alkanes) is 1. The van der Waals surface area contributed by atoms with Gasteiger partial charge in [0.2, 0.25) is 0 Å². The first-order chi connectivity index (χ1) is 9.59. The van der Waals surface area contributed by atoms with Crippen LogP contribution in [-0.2, 0) is 16.6 Å². The summed E-state index contributed by atoms with van der Waals surface area (Å²) in [6, 6.07) is 3.11. The standard InChI is InChI=1S/C12H17N5O2S/c13-11-4-3-5-15-12(11)20(18,19)16-6-1-2-8-17-9-7-14-10-17/h3-5,7,9-10,16H,1-2,6,8,13H2. The van der Waals surface area contributed by atoms with E-state index < -0.39 is 10.0 Å². The average molecular weight is 295 g/mol. The second kappa shape index (κ2) is 6.49. The van der Waals surface area contributed by atoms with Crippen molar-refractivity contribution in [3.8, 4) is 0 Å². The molecule has 0 saturated carbocycles. The monoisotopic (exact) mass is 295 g/mol. The quantitative estimate of drug-likeness (QED) is 0.729. The Morgan fingerprint density at radius 3 is 2.85 bits per heavy atom. The van der Waals surface area contributed by atoms with Crippen molar-refractivity contribution in [3.63, 3.8) is 0 Å². The summed E-state index contributed by atoms with van der Waals surface area (Å²) in [7, 11) is -3.63. The first-order valence-electron chi connectivity index (χ1n) is 6.25. The number of nitrogens with zero attached hydrogens (tertiary/aromatic N) is 3. The minimum Gasteiger partial charge on any atom is -0.396 e. The number of hydrogen-bond acceptors (Lipinski definition) is 5. The SMILES string of the molecule is Nc1cccnc1S(=O)(=O)NCCCCn1ccnc1. The highest BCUT2D eigenvalue weighted by Gasteiger charge is 2.17. The molecule has 2 rings (SSSR count). The van der Waals surface area contributed by atoms with Crippen LogP contribution in [0, 0.1) is 0 Å². The zero-order valence-corrected chi connectivity index (χ0v) is 11.8. The summed E-state index contributed by atoms with van der Waals surface area (Å²) in [5.41, 5.74) is 5.76. The first-order valence-corrected chi connectivity index (χ1v) is 7.74. The number of sulfonamides is 1. The Morgan fingerprint density at radius 1 is 1.30 bits per heavy atom. The first kappa shape index (κ1) is 14.5. The molecule has 3 N–H and O–H groups in total. The van der Waals surface area contributed by atoms with Gasteiger partial charge in [0.25, 0.3) is 10.0 Å². The molecule has 108 valence electrons. The van der Waals surface area contributed by atoms with Gasteiger partial charge in [0.1, 0.15) is 0 Å². The van der Waals surface area contributed by atoms with E-state index in [9.17, 15) is 8.42 Å². The molecule has 2 heterocycles. The van der Waals surface area contributed by atoms with Crippen LogP contribution in [0.2, 0.25) is 0 Å². The Hall–Kier alpha value is -1.93. The summed E-state index contributed by atoms with van der Waals surface area (Å²) in [4.78, 5) is 7.74. The van der Waals surface area contributed by atoms with Crippen molar-refractivity contribution in [1.82, 2.24) is 19.3 Å². The fraction of sp³-hybridized carbons (Fsp3) is 0.333. The van der Waals surface area contributed by atoms with E-state index in [0.29, 0.717) is 6.54 Å². The molecular formula is C12H17N5O2S. The van der Waals surface area contributed by atoms with Gasteiger partial charge in [-0.15, -0.1) is 0 Å². The molecule has 8 heteroatoms. The molecule has 0 amide bonds. The van der Waals surface area contributed by atoms with Crippen LogP contribution in [0.15, 0.2) is 42.1 Å². The van der Waals surface area contributed by atoms with Gasteiger partial charge in [-0.2, -0.15) is 0 Å². The van der Waals surface area contributed by atoms with Crippen LogP contribution >= 0.6 is 0 Å².